The molecule has 102 valence electrons. The van der Waals surface area contributed by atoms with Crippen molar-refractivity contribution >= 4 is 17.8 Å². The number of furan rings is 1. The van der Waals surface area contributed by atoms with Crippen LogP contribution in [0.25, 0.3) is 0 Å². The number of likely N-dealkylation sites (N-methyl/N-ethyl adjacent to an activating group) is 1. The van der Waals surface area contributed by atoms with E-state index in [0.29, 0.717) is 13.0 Å². The summed E-state index contributed by atoms with van der Waals surface area (Å²) in [6, 6.07) is 0.460. The quantitative estimate of drug-likeness (QED) is 0.818. The van der Waals surface area contributed by atoms with Crippen LogP contribution in [0.5, 0.6) is 0 Å². The maximum atomic E-state index is 12.2. The molecule has 7 nitrogen and oxygen atoms in total. The first kappa shape index (κ1) is 13.1. The van der Waals surface area contributed by atoms with Gasteiger partial charge in [0.1, 0.15) is 6.04 Å². The molecule has 2 rings (SSSR count). The van der Waals surface area contributed by atoms with Crippen LogP contribution in [0.3, 0.4) is 0 Å². The predicted molar refractivity (Wildman–Crippen MR) is 64.9 cm³/mol. The lowest BCUT2D eigenvalue weighted by Gasteiger charge is -2.22. The molecule has 0 saturated carbocycles. The Labute approximate surface area is 109 Å². The van der Waals surface area contributed by atoms with E-state index in [1.165, 1.54) is 11.2 Å². The zero-order valence-electron chi connectivity index (χ0n) is 10.5. The Bertz CT molecular complexity index is 483. The summed E-state index contributed by atoms with van der Waals surface area (Å²) in [6.07, 6.45) is 3.53. The molecule has 0 spiro atoms. The maximum absolute atomic E-state index is 12.2. The van der Waals surface area contributed by atoms with Crippen LogP contribution >= 0.6 is 0 Å². The molecular formula is C12H15N3O4. The Morgan fingerprint density at radius 3 is 3.00 bits per heavy atom. The van der Waals surface area contributed by atoms with E-state index in [4.69, 9.17) is 4.42 Å². The van der Waals surface area contributed by atoms with E-state index in [1.807, 2.05) is 0 Å². The molecule has 1 aliphatic rings. The molecule has 0 bridgehead atoms. The lowest BCUT2D eigenvalue weighted by Crippen LogP contribution is -2.48. The number of carbonyl (C=O) groups excluding carboxylic acids is 3. The van der Waals surface area contributed by atoms with Gasteiger partial charge >= 0.3 is 6.03 Å². The number of urea groups is 1. The normalized spacial score (nSPS) is 19.3. The first-order valence-electron chi connectivity index (χ1n) is 5.92. The average Bonchev–Trinajstić information content (AvgIpc) is 2.79. The highest BCUT2D eigenvalue weighted by atomic mass is 16.3. The van der Waals surface area contributed by atoms with E-state index in [9.17, 15) is 14.4 Å². The highest BCUT2D eigenvalue weighted by Gasteiger charge is 2.28. The van der Waals surface area contributed by atoms with Crippen molar-refractivity contribution in [2.75, 3.05) is 7.05 Å². The maximum Gasteiger partial charge on any atom is 0.322 e. The number of nitrogens with one attached hydrogen (secondary N) is 2. The van der Waals surface area contributed by atoms with Gasteiger partial charge in [0.15, 0.2) is 0 Å². The fraction of sp³-hybridized carbons (Fsp3) is 0.417. The highest BCUT2D eigenvalue weighted by Crippen LogP contribution is 2.09. The monoisotopic (exact) mass is 265 g/mol. The van der Waals surface area contributed by atoms with Crippen molar-refractivity contribution in [2.45, 2.75) is 25.4 Å². The van der Waals surface area contributed by atoms with Gasteiger partial charge in [-0.25, -0.2) is 4.79 Å². The number of hydrogen-bond acceptors (Lipinski definition) is 4. The molecule has 0 aromatic carbocycles. The topological polar surface area (TPSA) is 91.7 Å². The molecule has 2 N–H and O–H groups in total. The molecule has 0 radical (unpaired) electrons. The number of rotatable bonds is 3. The molecule has 7 heteroatoms. The number of amides is 4. The Kier molecular flexibility index (Phi) is 3.84. The minimum atomic E-state index is -0.677. The summed E-state index contributed by atoms with van der Waals surface area (Å²) in [6.45, 7) is 0.392. The number of hydrogen-bond donors (Lipinski definition) is 2. The van der Waals surface area contributed by atoms with Crippen molar-refractivity contribution in [2.24, 2.45) is 0 Å². The van der Waals surface area contributed by atoms with Crippen LogP contribution in [-0.4, -0.2) is 35.8 Å². The fourth-order valence-electron chi connectivity index (χ4n) is 1.92. The van der Waals surface area contributed by atoms with Gasteiger partial charge in [0.2, 0.25) is 11.8 Å². The zero-order valence-corrected chi connectivity index (χ0v) is 10.5. The minimum absolute atomic E-state index is 0.148. The molecule has 1 aliphatic heterocycles. The number of imide groups is 1. The van der Waals surface area contributed by atoms with Gasteiger partial charge in [0, 0.05) is 25.6 Å². The van der Waals surface area contributed by atoms with Gasteiger partial charge < -0.3 is 14.6 Å². The molecule has 1 saturated heterocycles. The summed E-state index contributed by atoms with van der Waals surface area (Å²) >= 11 is 0. The van der Waals surface area contributed by atoms with Crippen LogP contribution in [0.1, 0.15) is 18.4 Å². The van der Waals surface area contributed by atoms with Gasteiger partial charge in [0.05, 0.1) is 12.5 Å². The van der Waals surface area contributed by atoms with Crippen LogP contribution in [-0.2, 0) is 16.1 Å². The molecule has 2 heterocycles. The average molecular weight is 265 g/mol. The van der Waals surface area contributed by atoms with Crippen LogP contribution in [0.15, 0.2) is 23.0 Å². The van der Waals surface area contributed by atoms with Crippen molar-refractivity contribution in [3.63, 3.8) is 0 Å². The predicted octanol–water partition coefficient (Wildman–Crippen LogP) is 0.226. The third-order valence-electron chi connectivity index (χ3n) is 2.89. The molecule has 1 aromatic heterocycles. The van der Waals surface area contributed by atoms with E-state index in [1.54, 1.807) is 19.4 Å². The van der Waals surface area contributed by atoms with E-state index < -0.39 is 12.1 Å². The Hall–Kier alpha value is -2.31. The second kappa shape index (κ2) is 5.55. The second-order valence-corrected chi connectivity index (χ2v) is 4.44. The van der Waals surface area contributed by atoms with Crippen molar-refractivity contribution in [1.82, 2.24) is 15.5 Å². The van der Waals surface area contributed by atoms with Crippen molar-refractivity contribution in [3.8, 4) is 0 Å². The molecule has 1 fully saturated rings. The van der Waals surface area contributed by atoms with E-state index >= 15 is 0 Å². The third-order valence-corrected chi connectivity index (χ3v) is 2.89. The van der Waals surface area contributed by atoms with Gasteiger partial charge in [-0.1, -0.05) is 0 Å². The van der Waals surface area contributed by atoms with Crippen molar-refractivity contribution in [1.29, 1.82) is 0 Å². The molecular weight excluding hydrogens is 250 g/mol. The smallest absolute Gasteiger partial charge is 0.322 e. The van der Waals surface area contributed by atoms with Gasteiger partial charge in [-0.3, -0.25) is 14.9 Å². The van der Waals surface area contributed by atoms with Crippen LogP contribution < -0.4 is 10.6 Å². The number of carbonyl (C=O) groups is 3. The van der Waals surface area contributed by atoms with Gasteiger partial charge in [-0.15, -0.1) is 0 Å². The molecule has 4 amide bonds. The largest absolute Gasteiger partial charge is 0.472 e. The molecule has 19 heavy (non-hydrogen) atoms. The Balaban J connectivity index is 1.98. The molecule has 1 atom stereocenters. The highest BCUT2D eigenvalue weighted by molar-refractivity contribution is 5.98. The van der Waals surface area contributed by atoms with Crippen LogP contribution in [0.4, 0.5) is 4.79 Å². The van der Waals surface area contributed by atoms with Crippen molar-refractivity contribution in [3.05, 3.63) is 24.2 Å². The fourth-order valence-corrected chi connectivity index (χ4v) is 1.92. The SMILES string of the molecule is CN(Cc1ccoc1)C(=O)[C@@H]1CCC(=O)NC(=O)N1. The third kappa shape index (κ3) is 3.34. The number of nitrogens with zero attached hydrogens (tertiary/aromatic N) is 1. The van der Waals surface area contributed by atoms with Crippen LogP contribution in [0, 0.1) is 0 Å². The first-order valence-corrected chi connectivity index (χ1v) is 5.92. The summed E-state index contributed by atoms with van der Waals surface area (Å²) in [5.41, 5.74) is 0.866. The van der Waals surface area contributed by atoms with Gasteiger partial charge in [-0.2, -0.15) is 0 Å². The molecule has 0 unspecified atom stereocenters. The Morgan fingerprint density at radius 1 is 1.53 bits per heavy atom. The molecule has 1 aromatic rings. The van der Waals surface area contributed by atoms with E-state index in [0.717, 1.165) is 5.56 Å². The summed E-state index contributed by atoms with van der Waals surface area (Å²) in [5.74, 6) is -0.601. The molecule has 0 aliphatic carbocycles. The Morgan fingerprint density at radius 2 is 2.32 bits per heavy atom. The van der Waals surface area contributed by atoms with Gasteiger partial charge in [-0.05, 0) is 12.5 Å². The van der Waals surface area contributed by atoms with Crippen LogP contribution in [0.2, 0.25) is 0 Å². The van der Waals surface area contributed by atoms with Crippen molar-refractivity contribution < 1.29 is 18.8 Å². The lowest BCUT2D eigenvalue weighted by molar-refractivity contribution is -0.132. The lowest BCUT2D eigenvalue weighted by atomic mass is 10.1. The summed E-state index contributed by atoms with van der Waals surface area (Å²) in [4.78, 5) is 36.2. The first-order chi connectivity index (χ1) is 9.06. The standard InChI is InChI=1S/C12H15N3O4/c1-15(6-8-4-5-19-7-8)11(17)9-2-3-10(16)14-12(18)13-9/h4-5,7,9H,2-3,6H2,1H3,(H2,13,14,16,18)/t9-/m0/s1. The minimum Gasteiger partial charge on any atom is -0.472 e. The summed E-state index contributed by atoms with van der Waals surface area (Å²) in [7, 11) is 1.64. The van der Waals surface area contributed by atoms with E-state index in [-0.39, 0.29) is 18.2 Å². The summed E-state index contributed by atoms with van der Waals surface area (Å²) < 4.78 is 4.93. The summed E-state index contributed by atoms with van der Waals surface area (Å²) in [5, 5.41) is 4.62. The zero-order chi connectivity index (χ0) is 13.8. The van der Waals surface area contributed by atoms with E-state index in [2.05, 4.69) is 10.6 Å². The van der Waals surface area contributed by atoms with Gasteiger partial charge in [0.25, 0.3) is 0 Å². The second-order valence-electron chi connectivity index (χ2n) is 4.44.